The summed E-state index contributed by atoms with van der Waals surface area (Å²) in [5.41, 5.74) is -0.109. The molecule has 3 saturated heterocycles. The van der Waals surface area contributed by atoms with Gasteiger partial charge < -0.3 is 74.4 Å². The first-order valence-electron chi connectivity index (χ1n) is 23.6. The molecule has 5 aliphatic carbocycles. The van der Waals surface area contributed by atoms with Crippen molar-refractivity contribution in [2.75, 3.05) is 6.61 Å². The Balaban J connectivity index is 1.07. The number of aliphatic hydroxyl groups excluding tert-OH is 7. The van der Waals surface area contributed by atoms with Gasteiger partial charge in [-0.3, -0.25) is 4.79 Å². The van der Waals surface area contributed by atoms with Crippen molar-refractivity contribution in [2.24, 2.45) is 50.2 Å². The van der Waals surface area contributed by atoms with Crippen LogP contribution < -0.4 is 0 Å². The zero-order chi connectivity index (χ0) is 46.9. The topological polar surface area (TPSA) is 272 Å². The summed E-state index contributed by atoms with van der Waals surface area (Å²) in [6.07, 6.45) is -13.1. The highest BCUT2D eigenvalue weighted by Crippen LogP contribution is 2.76. The number of carboxylic acid groups (broad SMARTS) is 2. The summed E-state index contributed by atoms with van der Waals surface area (Å²) in [6.45, 7) is 17.4. The Morgan fingerprint density at radius 2 is 1.30 bits per heavy atom. The first kappa shape index (κ1) is 48.6. The van der Waals surface area contributed by atoms with Crippen LogP contribution in [0.3, 0.4) is 0 Å². The zero-order valence-corrected chi connectivity index (χ0v) is 38.5. The number of carboxylic acids is 2. The number of fused-ring (bicyclic) bond motifs is 7. The Labute approximate surface area is 375 Å². The minimum atomic E-state index is -2.00. The number of hydrogen-bond donors (Lipinski definition) is 9. The van der Waals surface area contributed by atoms with Crippen LogP contribution in [-0.2, 0) is 38.0 Å². The molecule has 0 amide bonds. The monoisotopic (exact) mass is 910 g/mol. The number of carbonyl (C=O) groups is 2. The van der Waals surface area contributed by atoms with Crippen LogP contribution in [0.5, 0.6) is 0 Å². The summed E-state index contributed by atoms with van der Waals surface area (Å²) in [7, 11) is 0. The van der Waals surface area contributed by atoms with Crippen LogP contribution in [0.1, 0.15) is 120 Å². The molecule has 3 heterocycles. The molecule has 8 rings (SSSR count). The van der Waals surface area contributed by atoms with Crippen molar-refractivity contribution < 1.29 is 84.0 Å². The molecule has 7 fully saturated rings. The van der Waals surface area contributed by atoms with E-state index >= 15 is 0 Å². The maximum Gasteiger partial charge on any atom is 0.335 e. The Kier molecular flexibility index (Phi) is 12.7. The molecule has 17 heteroatoms. The fourth-order valence-corrected chi connectivity index (χ4v) is 14.8. The van der Waals surface area contributed by atoms with Crippen molar-refractivity contribution in [1.82, 2.24) is 0 Å². The summed E-state index contributed by atoms with van der Waals surface area (Å²) in [5, 5.41) is 95.8. The van der Waals surface area contributed by atoms with Gasteiger partial charge in [-0.25, -0.2) is 4.79 Å². The van der Waals surface area contributed by atoms with Crippen molar-refractivity contribution in [1.29, 1.82) is 0 Å². The number of rotatable bonds is 8. The van der Waals surface area contributed by atoms with Gasteiger partial charge >= 0.3 is 11.9 Å². The third kappa shape index (κ3) is 7.45. The molecule has 8 aliphatic rings. The molecule has 0 aromatic carbocycles. The normalized spacial score (nSPS) is 53.4. The molecular formula is C47H74O17. The Bertz CT molecular complexity index is 1810. The Morgan fingerprint density at radius 1 is 0.672 bits per heavy atom. The Morgan fingerprint density at radius 3 is 1.95 bits per heavy atom. The maximum absolute atomic E-state index is 13.1. The molecule has 9 N–H and O–H groups in total. The van der Waals surface area contributed by atoms with E-state index in [1.165, 1.54) is 12.5 Å². The first-order valence-corrected chi connectivity index (χ1v) is 23.6. The van der Waals surface area contributed by atoms with E-state index < -0.39 is 115 Å². The highest BCUT2D eigenvalue weighted by Gasteiger charge is 2.70. The summed E-state index contributed by atoms with van der Waals surface area (Å²) in [4.78, 5) is 25.1. The molecule has 0 aromatic heterocycles. The second-order valence-electron chi connectivity index (χ2n) is 23.0. The predicted molar refractivity (Wildman–Crippen MR) is 224 cm³/mol. The minimum absolute atomic E-state index is 0.00762. The average molecular weight is 911 g/mol. The lowest BCUT2D eigenvalue weighted by molar-refractivity contribution is -0.386. The van der Waals surface area contributed by atoms with Gasteiger partial charge in [0.15, 0.2) is 25.0 Å². The molecule has 364 valence electrons. The second kappa shape index (κ2) is 16.7. The SMILES string of the molecule is C[C@@H]1O[C@@H](O[C@H]2[C@H](O[C@H]3CC[C@]4(C)[C@H]5CC=C6[C@@H]7CC(C)(C)CC[C@]7(C(=O)O)CC[C@@]6(C)[C@]5(C)CC[C@H]4C3(C)C)OC[C@H](O)[C@@H]2O[C@@H]2O[C@H](C(=O)O)[C@@H](O)[C@H](O)[C@H]2O)[C@H](O)[C@H](O)[C@H]1O. The smallest absolute Gasteiger partial charge is 0.335 e. The second-order valence-corrected chi connectivity index (χ2v) is 23.0. The molecule has 0 radical (unpaired) electrons. The van der Waals surface area contributed by atoms with Gasteiger partial charge in [-0.1, -0.05) is 60.1 Å². The molecule has 17 nitrogen and oxygen atoms in total. The van der Waals surface area contributed by atoms with Gasteiger partial charge in [0.2, 0.25) is 0 Å². The molecule has 0 spiro atoms. The molecule has 3 aliphatic heterocycles. The quantitative estimate of drug-likeness (QED) is 0.125. The van der Waals surface area contributed by atoms with Crippen LogP contribution in [0.2, 0.25) is 0 Å². The van der Waals surface area contributed by atoms with Crippen LogP contribution in [0.4, 0.5) is 0 Å². The van der Waals surface area contributed by atoms with E-state index in [-0.39, 0.29) is 40.1 Å². The lowest BCUT2D eigenvalue weighted by Gasteiger charge is -2.71. The van der Waals surface area contributed by atoms with Crippen LogP contribution in [-0.4, -0.2) is 157 Å². The number of allylic oxidation sites excluding steroid dienone is 2. The van der Waals surface area contributed by atoms with E-state index in [0.717, 1.165) is 44.9 Å². The van der Waals surface area contributed by atoms with E-state index in [4.69, 9.17) is 28.4 Å². The highest BCUT2D eigenvalue weighted by atomic mass is 16.8. The summed E-state index contributed by atoms with van der Waals surface area (Å²) < 4.78 is 36.6. The average Bonchev–Trinajstić information content (AvgIpc) is 3.21. The van der Waals surface area contributed by atoms with Gasteiger partial charge in [0.1, 0.15) is 54.9 Å². The van der Waals surface area contributed by atoms with Gasteiger partial charge in [-0.2, -0.15) is 0 Å². The number of aliphatic hydroxyl groups is 7. The van der Waals surface area contributed by atoms with Crippen LogP contribution in [0.15, 0.2) is 11.6 Å². The third-order valence-electron chi connectivity index (χ3n) is 18.9. The van der Waals surface area contributed by atoms with Gasteiger partial charge in [0.25, 0.3) is 0 Å². The molecule has 64 heavy (non-hydrogen) atoms. The number of aliphatic carboxylic acids is 2. The lowest BCUT2D eigenvalue weighted by Crippen LogP contribution is -2.67. The largest absolute Gasteiger partial charge is 0.481 e. The number of hydrogen-bond acceptors (Lipinski definition) is 15. The third-order valence-corrected chi connectivity index (χ3v) is 18.9. The molecular weight excluding hydrogens is 837 g/mol. The van der Waals surface area contributed by atoms with Crippen molar-refractivity contribution >= 4 is 11.9 Å². The van der Waals surface area contributed by atoms with Crippen LogP contribution in [0, 0.1) is 50.2 Å². The van der Waals surface area contributed by atoms with Gasteiger partial charge in [0.05, 0.1) is 24.2 Å². The molecule has 0 unspecified atom stereocenters. The summed E-state index contributed by atoms with van der Waals surface area (Å²) in [5.74, 6) is -1.78. The van der Waals surface area contributed by atoms with Crippen molar-refractivity contribution in [3.05, 3.63) is 11.6 Å². The Hall–Kier alpha value is -1.84. The standard InChI is InChI=1S/C47H74O17/c1-21-28(49)29(50)32(53)38(60-21)64-36-34(62-39-33(54)30(51)31(52)35(63-39)37(55)56)24(48)20-59-40(36)61-27-12-13-44(6)25(43(27,4)5)11-14-46(8)26(44)10-9-22-23-19-42(2,3)15-17-47(23,41(57)58)18-16-45(22,46)7/h9,21,23-36,38-40,48-54H,10-20H2,1-8H3,(H,55,56)(H,57,58)/t21-,23-,24-,25-,26+,27-,28-,29+,30-,31-,32+,33+,34-,35-,36+,38-,39+,40-,44-,45+,46+,47-/m0/s1. The highest BCUT2D eigenvalue weighted by molar-refractivity contribution is 5.76. The molecule has 22 atom stereocenters. The van der Waals surface area contributed by atoms with E-state index in [1.54, 1.807) is 0 Å². The molecule has 0 bridgehead atoms. The fourth-order valence-electron chi connectivity index (χ4n) is 14.8. The van der Waals surface area contributed by atoms with E-state index in [9.17, 15) is 55.5 Å². The van der Waals surface area contributed by atoms with Crippen molar-refractivity contribution in [3.8, 4) is 0 Å². The van der Waals surface area contributed by atoms with Gasteiger partial charge in [-0.15, -0.1) is 0 Å². The van der Waals surface area contributed by atoms with E-state index in [0.29, 0.717) is 25.2 Å². The van der Waals surface area contributed by atoms with Crippen LogP contribution in [0.25, 0.3) is 0 Å². The predicted octanol–water partition coefficient (Wildman–Crippen LogP) is 2.47. The molecule has 4 saturated carbocycles. The van der Waals surface area contributed by atoms with Crippen molar-refractivity contribution in [3.63, 3.8) is 0 Å². The van der Waals surface area contributed by atoms with Gasteiger partial charge in [0, 0.05) is 0 Å². The fraction of sp³-hybridized carbons (Fsp3) is 0.915. The summed E-state index contributed by atoms with van der Waals surface area (Å²) in [6, 6.07) is 0. The molecule has 0 aromatic rings. The number of ether oxygens (including phenoxy) is 6. The first-order chi connectivity index (χ1) is 29.7. The lowest BCUT2D eigenvalue weighted by atomic mass is 9.33. The van der Waals surface area contributed by atoms with Crippen LogP contribution >= 0.6 is 0 Å². The maximum atomic E-state index is 13.1. The van der Waals surface area contributed by atoms with Gasteiger partial charge in [-0.05, 0) is 116 Å². The summed E-state index contributed by atoms with van der Waals surface area (Å²) >= 11 is 0. The van der Waals surface area contributed by atoms with Crippen molar-refractivity contribution in [2.45, 2.75) is 212 Å². The van der Waals surface area contributed by atoms with E-state index in [2.05, 4.69) is 54.5 Å². The minimum Gasteiger partial charge on any atom is -0.481 e. The van der Waals surface area contributed by atoms with E-state index in [1.807, 2.05) is 0 Å². The zero-order valence-electron chi connectivity index (χ0n) is 38.5.